The van der Waals surface area contributed by atoms with Crippen LogP contribution < -0.4 is 4.31 Å². The van der Waals surface area contributed by atoms with Crippen LogP contribution in [0.25, 0.3) is 0 Å². The van der Waals surface area contributed by atoms with Crippen molar-refractivity contribution in [2.24, 2.45) is 0 Å². The molecule has 0 fully saturated rings. The van der Waals surface area contributed by atoms with E-state index < -0.39 is 21.7 Å². The van der Waals surface area contributed by atoms with Crippen molar-refractivity contribution >= 4 is 15.7 Å². The first-order chi connectivity index (χ1) is 12.0. The fourth-order valence-electron chi connectivity index (χ4n) is 2.43. The van der Waals surface area contributed by atoms with Gasteiger partial charge in [-0.2, -0.15) is 0 Å². The molecule has 3 rings (SSSR count). The summed E-state index contributed by atoms with van der Waals surface area (Å²) in [5.74, 6) is -1.07. The van der Waals surface area contributed by atoms with Crippen LogP contribution in [0.4, 0.5) is 14.5 Å². The van der Waals surface area contributed by atoms with Crippen LogP contribution in [0.1, 0.15) is 5.56 Å². The molecule has 0 aliphatic carbocycles. The van der Waals surface area contributed by atoms with Crippen LogP contribution >= 0.6 is 0 Å². The van der Waals surface area contributed by atoms with Gasteiger partial charge in [-0.1, -0.05) is 36.4 Å². The fourth-order valence-corrected chi connectivity index (χ4v) is 3.87. The largest absolute Gasteiger partial charge is 0.264 e. The number of sulfonamides is 1. The Morgan fingerprint density at radius 2 is 1.44 bits per heavy atom. The third-order valence-corrected chi connectivity index (χ3v) is 5.45. The quantitative estimate of drug-likeness (QED) is 0.679. The fraction of sp³-hybridized carbons (Fsp3) is 0.0526. The van der Waals surface area contributed by atoms with E-state index >= 15 is 0 Å². The molecule has 0 saturated heterocycles. The summed E-state index contributed by atoms with van der Waals surface area (Å²) >= 11 is 0. The van der Waals surface area contributed by atoms with Crippen molar-refractivity contribution < 1.29 is 17.2 Å². The van der Waals surface area contributed by atoms with Crippen LogP contribution in [0.5, 0.6) is 0 Å². The minimum absolute atomic E-state index is 0.0317. The van der Waals surface area contributed by atoms with Crippen LogP contribution in [0.15, 0.2) is 83.8 Å². The number of hydrogen-bond donors (Lipinski definition) is 0. The monoisotopic (exact) mass is 359 g/mol. The average molecular weight is 359 g/mol. The van der Waals surface area contributed by atoms with Crippen molar-refractivity contribution in [1.82, 2.24) is 0 Å². The third kappa shape index (κ3) is 3.85. The van der Waals surface area contributed by atoms with E-state index in [0.717, 1.165) is 28.1 Å². The summed E-state index contributed by atoms with van der Waals surface area (Å²) in [5, 5.41) is 0. The third-order valence-electron chi connectivity index (χ3n) is 3.67. The second-order valence-corrected chi connectivity index (χ2v) is 7.29. The van der Waals surface area contributed by atoms with E-state index in [4.69, 9.17) is 0 Å². The minimum atomic E-state index is -3.99. The molecule has 128 valence electrons. The zero-order valence-corrected chi connectivity index (χ0v) is 14.0. The number of hydrogen-bond acceptors (Lipinski definition) is 2. The van der Waals surface area contributed by atoms with Crippen molar-refractivity contribution in [1.29, 1.82) is 0 Å². The summed E-state index contributed by atoms with van der Waals surface area (Å²) in [6.45, 7) is 0.0317. The first-order valence-electron chi connectivity index (χ1n) is 7.54. The standard InChI is InChI=1S/C19H15F2NO2S/c20-16-9-11-19(12-10-16)25(23,24)22(14-15-5-2-1-3-6-15)18-8-4-7-17(21)13-18/h1-13H,14H2. The van der Waals surface area contributed by atoms with Crippen molar-refractivity contribution in [2.75, 3.05) is 4.31 Å². The van der Waals surface area contributed by atoms with E-state index in [1.165, 1.54) is 30.3 Å². The van der Waals surface area contributed by atoms with Gasteiger partial charge in [0.15, 0.2) is 0 Å². The van der Waals surface area contributed by atoms with E-state index in [2.05, 4.69) is 0 Å². The Bertz CT molecular complexity index is 958. The first kappa shape index (κ1) is 17.1. The van der Waals surface area contributed by atoms with Gasteiger partial charge in [-0.25, -0.2) is 17.2 Å². The maximum atomic E-state index is 13.6. The van der Waals surface area contributed by atoms with Gasteiger partial charge in [-0.3, -0.25) is 4.31 Å². The summed E-state index contributed by atoms with van der Waals surface area (Å²) < 4.78 is 54.0. The molecule has 0 saturated carbocycles. The lowest BCUT2D eigenvalue weighted by Crippen LogP contribution is -2.30. The maximum absolute atomic E-state index is 13.6. The zero-order chi connectivity index (χ0) is 17.9. The molecule has 3 aromatic rings. The van der Waals surface area contributed by atoms with Gasteiger partial charge in [-0.05, 0) is 48.0 Å². The minimum Gasteiger partial charge on any atom is -0.262 e. The first-order valence-corrected chi connectivity index (χ1v) is 8.98. The molecule has 0 N–H and O–H groups in total. The van der Waals surface area contributed by atoms with Gasteiger partial charge >= 0.3 is 0 Å². The lowest BCUT2D eigenvalue weighted by molar-refractivity contribution is 0.588. The van der Waals surface area contributed by atoms with Gasteiger partial charge in [0.25, 0.3) is 10.0 Å². The highest BCUT2D eigenvalue weighted by atomic mass is 32.2. The molecule has 6 heteroatoms. The summed E-state index contributed by atoms with van der Waals surface area (Å²) in [7, 11) is -3.99. The molecule has 3 nitrogen and oxygen atoms in total. The molecule has 0 aliphatic heterocycles. The highest BCUT2D eigenvalue weighted by Crippen LogP contribution is 2.26. The molecule has 0 aromatic heterocycles. The predicted octanol–water partition coefficient (Wildman–Crippen LogP) is 4.36. The molecule has 0 heterocycles. The highest BCUT2D eigenvalue weighted by molar-refractivity contribution is 7.92. The SMILES string of the molecule is O=S(=O)(c1ccc(F)cc1)N(Cc1ccccc1)c1cccc(F)c1. The van der Waals surface area contributed by atoms with Gasteiger partial charge in [0.2, 0.25) is 0 Å². The smallest absolute Gasteiger partial charge is 0.262 e. The van der Waals surface area contributed by atoms with Crippen LogP contribution in [-0.2, 0) is 16.6 Å². The van der Waals surface area contributed by atoms with Gasteiger partial charge in [-0.15, -0.1) is 0 Å². The van der Waals surface area contributed by atoms with Crippen molar-refractivity contribution in [3.8, 4) is 0 Å². The molecular weight excluding hydrogens is 344 g/mol. The second-order valence-electron chi connectivity index (χ2n) is 5.43. The number of anilines is 1. The van der Waals surface area contributed by atoms with E-state index in [1.807, 2.05) is 6.07 Å². The molecule has 0 aliphatic rings. The zero-order valence-electron chi connectivity index (χ0n) is 13.1. The lowest BCUT2D eigenvalue weighted by atomic mass is 10.2. The topological polar surface area (TPSA) is 37.4 Å². The second kappa shape index (κ2) is 7.03. The average Bonchev–Trinajstić information content (AvgIpc) is 2.61. The Morgan fingerprint density at radius 1 is 0.760 bits per heavy atom. The molecule has 0 spiro atoms. The van der Waals surface area contributed by atoms with Gasteiger partial charge < -0.3 is 0 Å². The van der Waals surface area contributed by atoms with E-state index in [-0.39, 0.29) is 17.1 Å². The summed E-state index contributed by atoms with van der Waals surface area (Å²) in [4.78, 5) is -0.0610. The Hall–Kier alpha value is -2.73. The van der Waals surface area contributed by atoms with Crippen LogP contribution in [-0.4, -0.2) is 8.42 Å². The molecule has 0 amide bonds. The van der Waals surface area contributed by atoms with Crippen molar-refractivity contribution in [3.63, 3.8) is 0 Å². The van der Waals surface area contributed by atoms with E-state index in [0.29, 0.717) is 0 Å². The Balaban J connectivity index is 2.08. The van der Waals surface area contributed by atoms with Crippen LogP contribution in [0.2, 0.25) is 0 Å². The molecule has 0 unspecified atom stereocenters. The van der Waals surface area contributed by atoms with Gasteiger partial charge in [0, 0.05) is 0 Å². The lowest BCUT2D eigenvalue weighted by Gasteiger charge is -2.24. The molecule has 0 radical (unpaired) electrons. The normalized spacial score (nSPS) is 11.3. The summed E-state index contributed by atoms with van der Waals surface area (Å²) in [5.41, 5.74) is 0.950. The van der Waals surface area contributed by atoms with Gasteiger partial charge in [0.05, 0.1) is 17.1 Å². The van der Waals surface area contributed by atoms with Crippen molar-refractivity contribution in [3.05, 3.63) is 96.1 Å². The number of benzene rings is 3. The number of halogens is 2. The molecule has 3 aromatic carbocycles. The molecule has 0 bridgehead atoms. The Labute approximate surface area is 145 Å². The molecule has 25 heavy (non-hydrogen) atoms. The van der Waals surface area contributed by atoms with Crippen molar-refractivity contribution in [2.45, 2.75) is 11.4 Å². The number of rotatable bonds is 5. The van der Waals surface area contributed by atoms with Crippen LogP contribution in [0.3, 0.4) is 0 Å². The van der Waals surface area contributed by atoms with E-state index in [9.17, 15) is 17.2 Å². The summed E-state index contributed by atoms with van der Waals surface area (Å²) in [6.07, 6.45) is 0. The van der Waals surface area contributed by atoms with E-state index in [1.54, 1.807) is 24.3 Å². The highest BCUT2D eigenvalue weighted by Gasteiger charge is 2.25. The van der Waals surface area contributed by atoms with Gasteiger partial charge in [0.1, 0.15) is 11.6 Å². The van der Waals surface area contributed by atoms with Crippen LogP contribution in [0, 0.1) is 11.6 Å². The predicted molar refractivity (Wildman–Crippen MR) is 92.6 cm³/mol. The Kier molecular flexibility index (Phi) is 4.81. The number of nitrogens with zero attached hydrogens (tertiary/aromatic N) is 1. The molecule has 0 atom stereocenters. The summed E-state index contributed by atoms with van der Waals surface area (Å²) in [6, 6.07) is 18.9. The molecular formula is C19H15F2NO2S. The maximum Gasteiger partial charge on any atom is 0.264 e. The Morgan fingerprint density at radius 3 is 2.08 bits per heavy atom.